The zero-order valence-electron chi connectivity index (χ0n) is 8.68. The summed E-state index contributed by atoms with van der Waals surface area (Å²) in [6.45, 7) is 5.76. The van der Waals surface area contributed by atoms with Crippen LogP contribution in [0.2, 0.25) is 0 Å². The minimum atomic E-state index is -0.518. The molecule has 78 valence electrons. The minimum absolute atomic E-state index is 0.518. The molecule has 13 heavy (non-hydrogen) atoms. The van der Waals surface area contributed by atoms with Gasteiger partial charge in [-0.15, -0.1) is 0 Å². The van der Waals surface area contributed by atoms with E-state index in [-0.39, 0.29) is 0 Å². The molecule has 2 nitrogen and oxygen atoms in total. The molecule has 0 aliphatic carbocycles. The van der Waals surface area contributed by atoms with Gasteiger partial charge in [0.1, 0.15) is 0 Å². The fraction of sp³-hybridized carbons (Fsp3) is 1.00. The van der Waals surface area contributed by atoms with Crippen LogP contribution in [0.1, 0.15) is 33.1 Å². The second-order valence-corrected chi connectivity index (χ2v) is 5.81. The van der Waals surface area contributed by atoms with E-state index in [9.17, 15) is 5.11 Å². The molecule has 1 rings (SSSR count). The van der Waals surface area contributed by atoms with E-state index in [0.717, 1.165) is 24.8 Å². The summed E-state index contributed by atoms with van der Waals surface area (Å²) in [6, 6.07) is 0. The van der Waals surface area contributed by atoms with Gasteiger partial charge < -0.3 is 10.4 Å². The molecule has 1 heterocycles. The Balaban J connectivity index is 1.94. The van der Waals surface area contributed by atoms with Crippen molar-refractivity contribution in [3.05, 3.63) is 0 Å². The lowest BCUT2D eigenvalue weighted by molar-refractivity contribution is 0.0713. The van der Waals surface area contributed by atoms with Gasteiger partial charge in [-0.1, -0.05) is 0 Å². The zero-order valence-corrected chi connectivity index (χ0v) is 9.49. The van der Waals surface area contributed by atoms with Gasteiger partial charge in [0.25, 0.3) is 0 Å². The highest BCUT2D eigenvalue weighted by molar-refractivity contribution is 8.00. The zero-order chi connectivity index (χ0) is 9.73. The summed E-state index contributed by atoms with van der Waals surface area (Å²) in [5.74, 6) is 1.33. The molecule has 0 aromatic heterocycles. The maximum absolute atomic E-state index is 9.46. The first kappa shape index (κ1) is 11.3. The number of rotatable bonds is 5. The van der Waals surface area contributed by atoms with Gasteiger partial charge in [-0.3, -0.25) is 0 Å². The number of hydrogen-bond donors (Lipinski definition) is 2. The van der Waals surface area contributed by atoms with Crippen molar-refractivity contribution < 1.29 is 5.11 Å². The third-order valence-electron chi connectivity index (χ3n) is 2.31. The summed E-state index contributed by atoms with van der Waals surface area (Å²) in [7, 11) is 0. The van der Waals surface area contributed by atoms with Crippen LogP contribution in [0.5, 0.6) is 0 Å². The first-order chi connectivity index (χ1) is 6.08. The van der Waals surface area contributed by atoms with Crippen LogP contribution < -0.4 is 5.32 Å². The lowest BCUT2D eigenvalue weighted by Gasteiger charge is -2.18. The molecule has 1 atom stereocenters. The van der Waals surface area contributed by atoms with Crippen LogP contribution in [0.25, 0.3) is 0 Å². The van der Waals surface area contributed by atoms with E-state index in [2.05, 4.69) is 17.1 Å². The van der Waals surface area contributed by atoms with Crippen LogP contribution in [0.15, 0.2) is 0 Å². The molecular weight excluding hydrogens is 182 g/mol. The Labute approximate surface area is 85.5 Å². The first-order valence-electron chi connectivity index (χ1n) is 5.13. The monoisotopic (exact) mass is 203 g/mol. The minimum Gasteiger partial charge on any atom is -0.390 e. The van der Waals surface area contributed by atoms with Crippen molar-refractivity contribution in [1.82, 2.24) is 5.32 Å². The fourth-order valence-corrected chi connectivity index (χ4v) is 2.70. The van der Waals surface area contributed by atoms with Gasteiger partial charge in [0.2, 0.25) is 0 Å². The Bertz CT molecular complexity index is 138. The Kier molecular flexibility index (Phi) is 4.56. The van der Waals surface area contributed by atoms with Crippen molar-refractivity contribution in [2.45, 2.75) is 44.0 Å². The molecular formula is C10H21NOS. The number of aliphatic hydroxyl groups is 1. The van der Waals surface area contributed by atoms with Crippen LogP contribution >= 0.6 is 11.8 Å². The van der Waals surface area contributed by atoms with Crippen molar-refractivity contribution in [3.63, 3.8) is 0 Å². The second kappa shape index (κ2) is 5.23. The molecule has 1 unspecified atom stereocenters. The van der Waals surface area contributed by atoms with Gasteiger partial charge in [0.05, 0.1) is 5.60 Å². The maximum atomic E-state index is 9.46. The number of hydrogen-bond acceptors (Lipinski definition) is 3. The molecule has 2 N–H and O–H groups in total. The Morgan fingerprint density at radius 1 is 1.54 bits per heavy atom. The van der Waals surface area contributed by atoms with Crippen molar-refractivity contribution >= 4 is 11.8 Å². The standard InChI is InChI=1S/C10H21NOS/c1-10(2,12)5-6-11-8-9-4-3-7-13-9/h9,11-12H,3-8H2,1-2H3. The molecule has 1 aliphatic rings. The van der Waals surface area contributed by atoms with Crippen LogP contribution in [-0.4, -0.2) is 34.8 Å². The van der Waals surface area contributed by atoms with Crippen molar-refractivity contribution in [2.24, 2.45) is 0 Å². The summed E-state index contributed by atoms with van der Waals surface area (Å²) in [5, 5.41) is 13.7. The van der Waals surface area contributed by atoms with Gasteiger partial charge in [0.15, 0.2) is 0 Å². The summed E-state index contributed by atoms with van der Waals surface area (Å²) >= 11 is 2.08. The number of nitrogens with one attached hydrogen (secondary N) is 1. The van der Waals surface area contributed by atoms with E-state index in [1.807, 2.05) is 13.8 Å². The topological polar surface area (TPSA) is 32.3 Å². The van der Waals surface area contributed by atoms with Gasteiger partial charge in [-0.25, -0.2) is 0 Å². The summed E-state index contributed by atoms with van der Waals surface area (Å²) < 4.78 is 0. The molecule has 1 fully saturated rings. The van der Waals surface area contributed by atoms with Crippen molar-refractivity contribution in [3.8, 4) is 0 Å². The third-order valence-corrected chi connectivity index (χ3v) is 3.71. The third kappa shape index (κ3) is 5.55. The summed E-state index contributed by atoms with van der Waals surface area (Å²) in [5.41, 5.74) is -0.518. The fourth-order valence-electron chi connectivity index (χ4n) is 1.46. The van der Waals surface area contributed by atoms with E-state index in [0.29, 0.717) is 0 Å². The van der Waals surface area contributed by atoms with E-state index < -0.39 is 5.60 Å². The maximum Gasteiger partial charge on any atom is 0.0603 e. The highest BCUT2D eigenvalue weighted by Gasteiger charge is 2.15. The second-order valence-electron chi connectivity index (χ2n) is 4.40. The molecule has 0 bridgehead atoms. The lowest BCUT2D eigenvalue weighted by atomic mass is 10.1. The van der Waals surface area contributed by atoms with Crippen LogP contribution in [0, 0.1) is 0 Å². The van der Waals surface area contributed by atoms with Crippen molar-refractivity contribution in [2.75, 3.05) is 18.8 Å². The summed E-state index contributed by atoms with van der Waals surface area (Å²) in [4.78, 5) is 0. The van der Waals surface area contributed by atoms with Gasteiger partial charge in [-0.2, -0.15) is 11.8 Å². The molecule has 1 aliphatic heterocycles. The van der Waals surface area contributed by atoms with Gasteiger partial charge >= 0.3 is 0 Å². The Hall–Kier alpha value is 0.270. The summed E-state index contributed by atoms with van der Waals surface area (Å²) in [6.07, 6.45) is 3.58. The molecule has 0 radical (unpaired) electrons. The average Bonchev–Trinajstić information content (AvgIpc) is 2.48. The SMILES string of the molecule is CC(C)(O)CCNCC1CCCS1. The molecule has 0 saturated carbocycles. The molecule has 0 spiro atoms. The van der Waals surface area contributed by atoms with Gasteiger partial charge in [0, 0.05) is 11.8 Å². The molecule has 0 aromatic rings. The van der Waals surface area contributed by atoms with E-state index >= 15 is 0 Å². The smallest absolute Gasteiger partial charge is 0.0603 e. The Morgan fingerprint density at radius 3 is 2.85 bits per heavy atom. The quantitative estimate of drug-likeness (QED) is 0.666. The van der Waals surface area contributed by atoms with Crippen molar-refractivity contribution in [1.29, 1.82) is 0 Å². The first-order valence-corrected chi connectivity index (χ1v) is 6.17. The highest BCUT2D eigenvalue weighted by Crippen LogP contribution is 2.25. The Morgan fingerprint density at radius 2 is 2.31 bits per heavy atom. The molecule has 1 saturated heterocycles. The van der Waals surface area contributed by atoms with E-state index in [4.69, 9.17) is 0 Å². The van der Waals surface area contributed by atoms with E-state index in [1.165, 1.54) is 18.6 Å². The van der Waals surface area contributed by atoms with Crippen LogP contribution in [-0.2, 0) is 0 Å². The van der Waals surface area contributed by atoms with Crippen LogP contribution in [0.3, 0.4) is 0 Å². The van der Waals surface area contributed by atoms with E-state index in [1.54, 1.807) is 0 Å². The normalized spacial score (nSPS) is 23.8. The highest BCUT2D eigenvalue weighted by atomic mass is 32.2. The average molecular weight is 203 g/mol. The largest absolute Gasteiger partial charge is 0.390 e. The van der Waals surface area contributed by atoms with Crippen LogP contribution in [0.4, 0.5) is 0 Å². The predicted octanol–water partition coefficient (Wildman–Crippen LogP) is 1.63. The molecule has 0 amide bonds. The predicted molar refractivity (Wildman–Crippen MR) is 59.3 cm³/mol. The van der Waals surface area contributed by atoms with Gasteiger partial charge in [-0.05, 0) is 45.4 Å². The molecule has 3 heteroatoms. The number of thioether (sulfide) groups is 1. The lowest BCUT2D eigenvalue weighted by Crippen LogP contribution is -2.30. The molecule has 0 aromatic carbocycles.